The van der Waals surface area contributed by atoms with Gasteiger partial charge in [0.25, 0.3) is 0 Å². The Labute approximate surface area is 98.1 Å². The molecular formula is C15H20O. The van der Waals surface area contributed by atoms with Crippen LogP contribution in [0, 0.1) is 0 Å². The van der Waals surface area contributed by atoms with Crippen LogP contribution in [-0.2, 0) is 6.42 Å². The van der Waals surface area contributed by atoms with Gasteiger partial charge in [0.1, 0.15) is 5.75 Å². The number of benzene rings is 1. The molecule has 16 heavy (non-hydrogen) atoms. The molecule has 1 rings (SSSR count). The Morgan fingerprint density at radius 3 is 2.75 bits per heavy atom. The molecule has 1 N–H and O–H groups in total. The number of allylic oxidation sites excluding steroid dienone is 4. The van der Waals surface area contributed by atoms with Crippen LogP contribution < -0.4 is 0 Å². The average Bonchev–Trinajstić information content (AvgIpc) is 2.28. The van der Waals surface area contributed by atoms with Crippen molar-refractivity contribution >= 4 is 0 Å². The maximum atomic E-state index is 9.60. The molecule has 1 aromatic rings. The molecule has 0 saturated carbocycles. The van der Waals surface area contributed by atoms with E-state index in [1.165, 1.54) is 5.57 Å². The lowest BCUT2D eigenvalue weighted by atomic mass is 10.1. The van der Waals surface area contributed by atoms with E-state index in [2.05, 4.69) is 25.2 Å². The molecule has 86 valence electrons. The predicted molar refractivity (Wildman–Crippen MR) is 69.6 cm³/mol. The van der Waals surface area contributed by atoms with Crippen molar-refractivity contribution in [3.05, 3.63) is 53.6 Å². The minimum Gasteiger partial charge on any atom is -0.508 e. The lowest BCUT2D eigenvalue weighted by Gasteiger charge is -2.02. The number of hydrogen-bond donors (Lipinski definition) is 1. The van der Waals surface area contributed by atoms with Gasteiger partial charge in [-0.05, 0) is 44.7 Å². The number of hydrogen-bond acceptors (Lipinski definition) is 1. The van der Waals surface area contributed by atoms with Crippen LogP contribution in [0.4, 0.5) is 0 Å². The van der Waals surface area contributed by atoms with Gasteiger partial charge in [0.05, 0.1) is 0 Å². The highest BCUT2D eigenvalue weighted by Gasteiger charge is 1.97. The van der Waals surface area contributed by atoms with Crippen molar-refractivity contribution in [3.63, 3.8) is 0 Å². The van der Waals surface area contributed by atoms with Gasteiger partial charge in [-0.15, -0.1) is 0 Å². The SMILES string of the molecule is CC=CCC/C(C)=C/Cc1ccccc1O. The zero-order valence-corrected chi connectivity index (χ0v) is 10.1. The van der Waals surface area contributed by atoms with Crippen molar-refractivity contribution in [1.29, 1.82) is 0 Å². The fraction of sp³-hybridized carbons (Fsp3) is 0.333. The summed E-state index contributed by atoms with van der Waals surface area (Å²) in [5.74, 6) is 0.389. The smallest absolute Gasteiger partial charge is 0.119 e. The van der Waals surface area contributed by atoms with E-state index in [9.17, 15) is 5.11 Å². The van der Waals surface area contributed by atoms with Gasteiger partial charge < -0.3 is 5.11 Å². The van der Waals surface area contributed by atoms with Crippen molar-refractivity contribution in [3.8, 4) is 5.75 Å². The molecule has 0 unspecified atom stereocenters. The maximum absolute atomic E-state index is 9.60. The van der Waals surface area contributed by atoms with E-state index in [0.717, 1.165) is 24.8 Å². The lowest BCUT2D eigenvalue weighted by Crippen LogP contribution is -1.84. The summed E-state index contributed by atoms with van der Waals surface area (Å²) in [6, 6.07) is 7.50. The first-order valence-corrected chi connectivity index (χ1v) is 5.77. The van der Waals surface area contributed by atoms with E-state index in [-0.39, 0.29) is 0 Å². The van der Waals surface area contributed by atoms with Gasteiger partial charge in [0, 0.05) is 0 Å². The Balaban J connectivity index is 2.49. The number of aromatic hydroxyl groups is 1. The molecule has 0 atom stereocenters. The summed E-state index contributed by atoms with van der Waals surface area (Å²) < 4.78 is 0. The van der Waals surface area contributed by atoms with E-state index in [4.69, 9.17) is 0 Å². The van der Waals surface area contributed by atoms with E-state index in [1.54, 1.807) is 6.07 Å². The van der Waals surface area contributed by atoms with Crippen LogP contribution in [0.5, 0.6) is 5.75 Å². The molecule has 0 radical (unpaired) electrons. The zero-order valence-electron chi connectivity index (χ0n) is 10.1. The van der Waals surface area contributed by atoms with Gasteiger partial charge in [0.15, 0.2) is 0 Å². The van der Waals surface area contributed by atoms with Crippen molar-refractivity contribution in [2.24, 2.45) is 0 Å². The molecule has 0 aliphatic heterocycles. The largest absolute Gasteiger partial charge is 0.508 e. The first-order chi connectivity index (χ1) is 7.74. The Hall–Kier alpha value is -1.50. The fourth-order valence-electron chi connectivity index (χ4n) is 1.55. The van der Waals surface area contributed by atoms with Gasteiger partial charge in [0.2, 0.25) is 0 Å². The maximum Gasteiger partial charge on any atom is 0.119 e. The third-order valence-corrected chi connectivity index (χ3v) is 2.60. The normalized spacial score (nSPS) is 12.2. The molecule has 0 spiro atoms. The Kier molecular flexibility index (Phi) is 5.41. The van der Waals surface area contributed by atoms with Crippen molar-refractivity contribution < 1.29 is 5.11 Å². The van der Waals surface area contributed by atoms with Crippen LogP contribution in [0.3, 0.4) is 0 Å². The van der Waals surface area contributed by atoms with Crippen LogP contribution in [0.1, 0.15) is 32.3 Å². The van der Waals surface area contributed by atoms with Crippen LogP contribution >= 0.6 is 0 Å². The molecule has 0 fully saturated rings. The first-order valence-electron chi connectivity index (χ1n) is 5.77. The molecule has 0 heterocycles. The number of para-hydroxylation sites is 1. The quantitative estimate of drug-likeness (QED) is 0.730. The van der Waals surface area contributed by atoms with E-state index >= 15 is 0 Å². The second-order valence-corrected chi connectivity index (χ2v) is 3.99. The van der Waals surface area contributed by atoms with E-state index in [1.807, 2.05) is 25.1 Å². The molecule has 0 aromatic heterocycles. The number of phenols is 1. The minimum absolute atomic E-state index is 0.389. The Morgan fingerprint density at radius 2 is 2.06 bits per heavy atom. The molecular weight excluding hydrogens is 196 g/mol. The van der Waals surface area contributed by atoms with Crippen LogP contribution in [0.2, 0.25) is 0 Å². The van der Waals surface area contributed by atoms with E-state index < -0.39 is 0 Å². The number of phenolic OH excluding ortho intramolecular Hbond substituents is 1. The summed E-state index contributed by atoms with van der Waals surface area (Å²) >= 11 is 0. The van der Waals surface area contributed by atoms with Crippen LogP contribution in [-0.4, -0.2) is 5.11 Å². The van der Waals surface area contributed by atoms with E-state index in [0.29, 0.717) is 5.75 Å². The van der Waals surface area contributed by atoms with Crippen LogP contribution in [0.15, 0.2) is 48.1 Å². The molecule has 0 bridgehead atoms. The molecule has 0 aliphatic rings. The summed E-state index contributed by atoms with van der Waals surface area (Å²) in [5.41, 5.74) is 2.37. The van der Waals surface area contributed by atoms with Crippen molar-refractivity contribution in [2.75, 3.05) is 0 Å². The molecule has 0 saturated heterocycles. The summed E-state index contributed by atoms with van der Waals surface area (Å²) in [6.45, 7) is 4.19. The summed E-state index contributed by atoms with van der Waals surface area (Å²) in [5, 5.41) is 9.60. The van der Waals surface area contributed by atoms with Gasteiger partial charge in [-0.2, -0.15) is 0 Å². The molecule has 1 aromatic carbocycles. The predicted octanol–water partition coefficient (Wildman–Crippen LogP) is 4.24. The standard InChI is InChI=1S/C15H20O/c1-3-4-5-8-13(2)11-12-14-9-6-7-10-15(14)16/h3-4,6-7,9-11,16H,5,8,12H2,1-2H3/b4-3?,13-11+. The molecule has 0 amide bonds. The zero-order chi connectivity index (χ0) is 11.8. The topological polar surface area (TPSA) is 20.2 Å². The monoisotopic (exact) mass is 216 g/mol. The highest BCUT2D eigenvalue weighted by atomic mass is 16.3. The summed E-state index contributed by atoms with van der Waals surface area (Å²) in [6.07, 6.45) is 9.46. The number of rotatable bonds is 5. The van der Waals surface area contributed by atoms with Gasteiger partial charge in [-0.25, -0.2) is 0 Å². The molecule has 1 nitrogen and oxygen atoms in total. The summed E-state index contributed by atoms with van der Waals surface area (Å²) in [7, 11) is 0. The minimum atomic E-state index is 0.389. The van der Waals surface area contributed by atoms with Gasteiger partial charge >= 0.3 is 0 Å². The Bertz CT molecular complexity index is 375. The third-order valence-electron chi connectivity index (χ3n) is 2.60. The second kappa shape index (κ2) is 6.89. The average molecular weight is 216 g/mol. The Morgan fingerprint density at radius 1 is 1.31 bits per heavy atom. The van der Waals surface area contributed by atoms with Crippen molar-refractivity contribution in [1.82, 2.24) is 0 Å². The summed E-state index contributed by atoms with van der Waals surface area (Å²) in [4.78, 5) is 0. The highest BCUT2D eigenvalue weighted by Crippen LogP contribution is 2.17. The first kappa shape index (κ1) is 12.6. The van der Waals surface area contributed by atoms with Gasteiger partial charge in [-0.3, -0.25) is 0 Å². The van der Waals surface area contributed by atoms with Gasteiger partial charge in [-0.1, -0.05) is 42.0 Å². The third kappa shape index (κ3) is 4.35. The molecule has 1 heteroatoms. The second-order valence-electron chi connectivity index (χ2n) is 3.99. The lowest BCUT2D eigenvalue weighted by molar-refractivity contribution is 0.469. The molecule has 0 aliphatic carbocycles. The van der Waals surface area contributed by atoms with Crippen LogP contribution in [0.25, 0.3) is 0 Å². The van der Waals surface area contributed by atoms with Crippen molar-refractivity contribution in [2.45, 2.75) is 33.1 Å². The highest BCUT2D eigenvalue weighted by molar-refractivity contribution is 5.33. The fourth-order valence-corrected chi connectivity index (χ4v) is 1.55.